The number of hydrogen-bond acceptors (Lipinski definition) is 6. The maximum Gasteiger partial charge on any atom is 0.372 e. The molecule has 0 bridgehead atoms. The number of hydrogen-bond donors (Lipinski definition) is 1. The second kappa shape index (κ2) is 7.63. The third-order valence-electron chi connectivity index (χ3n) is 2.62. The Labute approximate surface area is 127 Å². The van der Waals surface area contributed by atoms with Crippen LogP contribution < -0.4 is 15.2 Å². The quantitative estimate of drug-likeness (QED) is 0.374. The molecule has 114 valence electrons. The zero-order chi connectivity index (χ0) is 15.8. The molecule has 1 aromatic heterocycles. The predicted molar refractivity (Wildman–Crippen MR) is 79.5 cm³/mol. The molecule has 0 aliphatic rings. The van der Waals surface area contributed by atoms with Crippen molar-refractivity contribution < 1.29 is 19.1 Å². The summed E-state index contributed by atoms with van der Waals surface area (Å²) in [7, 11) is 1.57. The van der Waals surface area contributed by atoms with Gasteiger partial charge in [-0.25, -0.2) is 4.79 Å². The molecule has 0 unspecified atom stereocenters. The average Bonchev–Trinajstić information content (AvgIpc) is 2.59. The van der Waals surface area contributed by atoms with Crippen molar-refractivity contribution in [2.45, 2.75) is 0 Å². The van der Waals surface area contributed by atoms with E-state index in [2.05, 4.69) is 15.0 Å². The number of amidine groups is 1. The largest absolute Gasteiger partial charge is 0.497 e. The molecule has 1 aromatic carbocycles. The van der Waals surface area contributed by atoms with Crippen molar-refractivity contribution in [2.75, 3.05) is 13.7 Å². The SMILES string of the molecule is COc1ccc(OCC(=O)O/N=C(/N)c2cccnc2)cc1. The van der Waals surface area contributed by atoms with Crippen molar-refractivity contribution >= 4 is 11.8 Å². The van der Waals surface area contributed by atoms with Crippen LogP contribution in [0, 0.1) is 0 Å². The lowest BCUT2D eigenvalue weighted by molar-refractivity contribution is -0.146. The van der Waals surface area contributed by atoms with Crippen LogP contribution in [0.15, 0.2) is 53.9 Å². The third-order valence-corrected chi connectivity index (χ3v) is 2.62. The molecule has 7 heteroatoms. The van der Waals surface area contributed by atoms with Crippen LogP contribution in [-0.2, 0) is 9.63 Å². The van der Waals surface area contributed by atoms with E-state index in [1.165, 1.54) is 6.20 Å². The number of benzene rings is 1. The van der Waals surface area contributed by atoms with Crippen LogP contribution >= 0.6 is 0 Å². The molecule has 22 heavy (non-hydrogen) atoms. The highest BCUT2D eigenvalue weighted by atomic mass is 16.7. The lowest BCUT2D eigenvalue weighted by atomic mass is 10.3. The van der Waals surface area contributed by atoms with Gasteiger partial charge in [0.15, 0.2) is 12.4 Å². The number of oxime groups is 1. The van der Waals surface area contributed by atoms with Gasteiger partial charge in [0.2, 0.25) is 0 Å². The third kappa shape index (κ3) is 4.48. The molecular weight excluding hydrogens is 286 g/mol. The Morgan fingerprint density at radius 3 is 2.59 bits per heavy atom. The van der Waals surface area contributed by atoms with E-state index in [-0.39, 0.29) is 12.4 Å². The molecular formula is C15H15N3O4. The van der Waals surface area contributed by atoms with Gasteiger partial charge in [0.05, 0.1) is 7.11 Å². The molecule has 2 aromatic rings. The number of aromatic nitrogens is 1. The molecule has 0 aliphatic carbocycles. The van der Waals surface area contributed by atoms with E-state index >= 15 is 0 Å². The van der Waals surface area contributed by atoms with E-state index in [4.69, 9.17) is 15.2 Å². The number of ether oxygens (including phenoxy) is 2. The highest BCUT2D eigenvalue weighted by Crippen LogP contribution is 2.16. The molecule has 0 aliphatic heterocycles. The Morgan fingerprint density at radius 1 is 1.23 bits per heavy atom. The van der Waals surface area contributed by atoms with E-state index in [0.717, 1.165) is 0 Å². The Hall–Kier alpha value is -3.09. The number of nitrogens with two attached hydrogens (primary N) is 1. The highest BCUT2D eigenvalue weighted by Gasteiger charge is 2.06. The van der Waals surface area contributed by atoms with Gasteiger partial charge in [0, 0.05) is 18.0 Å². The minimum absolute atomic E-state index is 0.0610. The Kier molecular flexibility index (Phi) is 5.31. The first-order valence-electron chi connectivity index (χ1n) is 6.39. The number of pyridine rings is 1. The second-order valence-corrected chi connectivity index (χ2v) is 4.15. The summed E-state index contributed by atoms with van der Waals surface area (Å²) in [6.45, 7) is -0.282. The molecule has 0 fully saturated rings. The first-order chi connectivity index (χ1) is 10.7. The molecule has 7 nitrogen and oxygen atoms in total. The van der Waals surface area contributed by atoms with Gasteiger partial charge in [-0.3, -0.25) is 4.98 Å². The predicted octanol–water partition coefficient (Wildman–Crippen LogP) is 1.33. The second-order valence-electron chi connectivity index (χ2n) is 4.15. The fourth-order valence-corrected chi connectivity index (χ4v) is 1.51. The van der Waals surface area contributed by atoms with Crippen LogP contribution in [-0.4, -0.2) is 30.5 Å². The maximum atomic E-state index is 11.5. The Balaban J connectivity index is 1.82. The van der Waals surface area contributed by atoms with Crippen LogP contribution in [0.25, 0.3) is 0 Å². The minimum Gasteiger partial charge on any atom is -0.497 e. The van der Waals surface area contributed by atoms with Gasteiger partial charge in [-0.15, -0.1) is 0 Å². The molecule has 0 atom stereocenters. The van der Waals surface area contributed by atoms with Crippen molar-refractivity contribution in [2.24, 2.45) is 10.9 Å². The Bertz CT molecular complexity index is 642. The molecule has 0 saturated heterocycles. The molecule has 0 radical (unpaired) electrons. The number of rotatable bonds is 6. The number of nitrogens with zero attached hydrogens (tertiary/aromatic N) is 2. The van der Waals surface area contributed by atoms with E-state index in [1.807, 2.05) is 0 Å². The van der Waals surface area contributed by atoms with Gasteiger partial charge in [-0.1, -0.05) is 5.16 Å². The lowest BCUT2D eigenvalue weighted by Gasteiger charge is -2.05. The van der Waals surface area contributed by atoms with Gasteiger partial charge in [0.25, 0.3) is 0 Å². The summed E-state index contributed by atoms with van der Waals surface area (Å²) in [6.07, 6.45) is 3.12. The highest BCUT2D eigenvalue weighted by molar-refractivity contribution is 5.97. The van der Waals surface area contributed by atoms with E-state index in [1.54, 1.807) is 49.7 Å². The topological polar surface area (TPSA) is 96.0 Å². The van der Waals surface area contributed by atoms with Crippen molar-refractivity contribution in [1.82, 2.24) is 4.98 Å². The normalized spacial score (nSPS) is 10.9. The van der Waals surface area contributed by atoms with Crippen LogP contribution in [0.4, 0.5) is 0 Å². The summed E-state index contributed by atoms with van der Waals surface area (Å²) < 4.78 is 10.3. The summed E-state index contributed by atoms with van der Waals surface area (Å²) in [5.74, 6) is 0.610. The van der Waals surface area contributed by atoms with Gasteiger partial charge in [-0.05, 0) is 36.4 Å². The molecule has 0 amide bonds. The molecule has 1 heterocycles. The number of carbonyl (C=O) groups excluding carboxylic acids is 1. The van der Waals surface area contributed by atoms with Crippen molar-refractivity contribution in [3.05, 3.63) is 54.4 Å². The molecule has 2 N–H and O–H groups in total. The summed E-state index contributed by atoms with van der Waals surface area (Å²) in [4.78, 5) is 20.1. The maximum absolute atomic E-state index is 11.5. The van der Waals surface area contributed by atoms with Crippen LogP contribution in [0.2, 0.25) is 0 Å². The smallest absolute Gasteiger partial charge is 0.372 e. The lowest BCUT2D eigenvalue weighted by Crippen LogP contribution is -2.18. The summed E-state index contributed by atoms with van der Waals surface area (Å²) in [5, 5.41) is 3.54. The van der Waals surface area contributed by atoms with E-state index in [0.29, 0.717) is 17.1 Å². The molecule has 0 saturated carbocycles. The number of methoxy groups -OCH3 is 1. The summed E-state index contributed by atoms with van der Waals surface area (Å²) in [5.41, 5.74) is 6.22. The standard InChI is InChI=1S/C15H15N3O4/c1-20-12-4-6-13(7-5-12)21-10-14(19)22-18-15(16)11-3-2-8-17-9-11/h2-9H,10H2,1H3,(H2,16,18). The summed E-state index contributed by atoms with van der Waals surface area (Å²) in [6, 6.07) is 10.2. The molecule has 2 rings (SSSR count). The van der Waals surface area contributed by atoms with Crippen LogP contribution in [0.1, 0.15) is 5.56 Å². The Morgan fingerprint density at radius 2 is 1.95 bits per heavy atom. The first-order valence-corrected chi connectivity index (χ1v) is 6.39. The fraction of sp³-hybridized carbons (Fsp3) is 0.133. The fourth-order valence-electron chi connectivity index (χ4n) is 1.51. The van der Waals surface area contributed by atoms with Crippen molar-refractivity contribution in [1.29, 1.82) is 0 Å². The zero-order valence-corrected chi connectivity index (χ0v) is 11.9. The summed E-state index contributed by atoms with van der Waals surface area (Å²) >= 11 is 0. The minimum atomic E-state index is -0.664. The number of carbonyl (C=O) groups is 1. The van der Waals surface area contributed by atoms with Gasteiger partial charge in [-0.2, -0.15) is 0 Å². The first kappa shape index (κ1) is 15.3. The van der Waals surface area contributed by atoms with Crippen LogP contribution in [0.5, 0.6) is 11.5 Å². The van der Waals surface area contributed by atoms with E-state index in [9.17, 15) is 4.79 Å². The zero-order valence-electron chi connectivity index (χ0n) is 11.9. The van der Waals surface area contributed by atoms with E-state index < -0.39 is 5.97 Å². The molecule has 0 spiro atoms. The van der Waals surface area contributed by atoms with Gasteiger partial charge in [0.1, 0.15) is 11.5 Å². The van der Waals surface area contributed by atoms with Crippen molar-refractivity contribution in [3.63, 3.8) is 0 Å². The van der Waals surface area contributed by atoms with Gasteiger partial charge >= 0.3 is 5.97 Å². The van der Waals surface area contributed by atoms with Crippen molar-refractivity contribution in [3.8, 4) is 11.5 Å². The monoisotopic (exact) mass is 301 g/mol. The van der Waals surface area contributed by atoms with Gasteiger partial charge < -0.3 is 20.0 Å². The van der Waals surface area contributed by atoms with Crippen LogP contribution in [0.3, 0.4) is 0 Å². The average molecular weight is 301 g/mol.